The maximum Gasteiger partial charge on any atom is 0.250 e. The van der Waals surface area contributed by atoms with E-state index in [1.54, 1.807) is 17.5 Å². The average molecular weight is 233 g/mol. The highest BCUT2D eigenvalue weighted by Crippen LogP contribution is 2.16. The summed E-state index contributed by atoms with van der Waals surface area (Å²) < 4.78 is 26.4. The van der Waals surface area contributed by atoms with Crippen LogP contribution in [0.15, 0.2) is 21.7 Å². The van der Waals surface area contributed by atoms with E-state index >= 15 is 0 Å². The molecule has 3 nitrogen and oxygen atoms in total. The van der Waals surface area contributed by atoms with Crippen molar-refractivity contribution in [2.75, 3.05) is 0 Å². The van der Waals surface area contributed by atoms with E-state index in [9.17, 15) is 8.42 Å². The molecule has 0 unspecified atom stereocenters. The van der Waals surface area contributed by atoms with E-state index in [-0.39, 0.29) is 6.04 Å². The fourth-order valence-electron chi connectivity index (χ4n) is 1.23. The highest BCUT2D eigenvalue weighted by molar-refractivity contribution is 7.91. The first kappa shape index (κ1) is 11.7. The second-order valence-corrected chi connectivity index (χ2v) is 6.13. The first-order chi connectivity index (χ1) is 6.56. The summed E-state index contributed by atoms with van der Waals surface area (Å²) in [5.41, 5.74) is 0. The zero-order valence-corrected chi connectivity index (χ0v) is 9.99. The van der Waals surface area contributed by atoms with Gasteiger partial charge in [-0.2, -0.15) is 0 Å². The molecule has 1 aromatic heterocycles. The van der Waals surface area contributed by atoms with Gasteiger partial charge in [-0.25, -0.2) is 13.1 Å². The van der Waals surface area contributed by atoms with Crippen LogP contribution in [0, 0.1) is 0 Å². The molecule has 0 aromatic carbocycles. The molecule has 0 amide bonds. The molecule has 0 aliphatic carbocycles. The van der Waals surface area contributed by atoms with Gasteiger partial charge in [0.25, 0.3) is 0 Å². The van der Waals surface area contributed by atoms with Gasteiger partial charge in [0.1, 0.15) is 4.21 Å². The first-order valence-corrected chi connectivity index (χ1v) is 6.98. The van der Waals surface area contributed by atoms with Gasteiger partial charge >= 0.3 is 0 Å². The molecule has 0 radical (unpaired) electrons. The Balaban J connectivity index is 2.68. The Bertz CT molecular complexity index is 356. The monoisotopic (exact) mass is 233 g/mol. The molecular weight excluding hydrogens is 218 g/mol. The van der Waals surface area contributed by atoms with Gasteiger partial charge in [-0.05, 0) is 24.8 Å². The molecular formula is C9H15NO2S2. The Labute approximate surface area is 89.2 Å². The molecule has 14 heavy (non-hydrogen) atoms. The minimum Gasteiger partial charge on any atom is -0.208 e. The van der Waals surface area contributed by atoms with Crippen molar-refractivity contribution in [3.05, 3.63) is 17.5 Å². The lowest BCUT2D eigenvalue weighted by Gasteiger charge is -2.11. The second kappa shape index (κ2) is 4.91. The van der Waals surface area contributed by atoms with Gasteiger partial charge < -0.3 is 0 Å². The van der Waals surface area contributed by atoms with E-state index in [0.717, 1.165) is 12.8 Å². The van der Waals surface area contributed by atoms with Crippen molar-refractivity contribution in [2.24, 2.45) is 0 Å². The quantitative estimate of drug-likeness (QED) is 0.847. The lowest BCUT2D eigenvalue weighted by atomic mass is 10.2. The molecule has 0 fully saturated rings. The fourth-order valence-corrected chi connectivity index (χ4v) is 3.52. The molecule has 1 heterocycles. The molecule has 80 valence electrons. The van der Waals surface area contributed by atoms with Crippen LogP contribution in [0.3, 0.4) is 0 Å². The molecule has 1 aromatic rings. The van der Waals surface area contributed by atoms with E-state index in [0.29, 0.717) is 4.21 Å². The molecule has 0 bridgehead atoms. The van der Waals surface area contributed by atoms with E-state index in [1.807, 2.05) is 13.8 Å². The van der Waals surface area contributed by atoms with Gasteiger partial charge in [-0.15, -0.1) is 11.3 Å². The van der Waals surface area contributed by atoms with Crippen LogP contribution in [0.5, 0.6) is 0 Å². The predicted molar refractivity (Wildman–Crippen MR) is 59.0 cm³/mol. The third-order valence-electron chi connectivity index (χ3n) is 1.84. The van der Waals surface area contributed by atoms with Crippen molar-refractivity contribution in [3.8, 4) is 0 Å². The molecule has 5 heteroatoms. The largest absolute Gasteiger partial charge is 0.250 e. The lowest BCUT2D eigenvalue weighted by Crippen LogP contribution is -2.31. The van der Waals surface area contributed by atoms with Crippen molar-refractivity contribution in [1.82, 2.24) is 4.72 Å². The summed E-state index contributed by atoms with van der Waals surface area (Å²) in [6.07, 6.45) is 1.85. The topological polar surface area (TPSA) is 46.2 Å². The van der Waals surface area contributed by atoms with E-state index in [1.165, 1.54) is 11.3 Å². The number of hydrogen-bond donors (Lipinski definition) is 1. The fraction of sp³-hybridized carbons (Fsp3) is 0.556. The normalized spacial score (nSPS) is 14.1. The van der Waals surface area contributed by atoms with Crippen LogP contribution in [-0.4, -0.2) is 14.5 Å². The Morgan fingerprint density at radius 3 is 2.79 bits per heavy atom. The summed E-state index contributed by atoms with van der Waals surface area (Å²) in [5.74, 6) is 0. The second-order valence-electron chi connectivity index (χ2n) is 3.24. The van der Waals surface area contributed by atoms with E-state index in [2.05, 4.69) is 4.72 Å². The molecule has 0 aliphatic rings. The number of sulfonamides is 1. The van der Waals surface area contributed by atoms with Crippen molar-refractivity contribution < 1.29 is 8.42 Å². The number of hydrogen-bond acceptors (Lipinski definition) is 3. The molecule has 1 atom stereocenters. The summed E-state index contributed by atoms with van der Waals surface area (Å²) in [4.78, 5) is 0. The van der Waals surface area contributed by atoms with Crippen molar-refractivity contribution in [2.45, 2.75) is 36.9 Å². The van der Waals surface area contributed by atoms with Crippen LogP contribution in [0.4, 0.5) is 0 Å². The summed E-state index contributed by atoms with van der Waals surface area (Å²) >= 11 is 1.24. The van der Waals surface area contributed by atoms with E-state index in [4.69, 9.17) is 0 Å². The maximum absolute atomic E-state index is 11.7. The van der Waals surface area contributed by atoms with Crippen LogP contribution in [-0.2, 0) is 10.0 Å². The third-order valence-corrected chi connectivity index (χ3v) is 4.82. The van der Waals surface area contributed by atoms with Gasteiger partial charge in [0.05, 0.1) is 0 Å². The third kappa shape index (κ3) is 3.08. The Kier molecular flexibility index (Phi) is 4.10. The number of rotatable bonds is 5. The summed E-state index contributed by atoms with van der Waals surface area (Å²) in [6.45, 7) is 3.92. The van der Waals surface area contributed by atoms with E-state index < -0.39 is 10.0 Å². The standard InChI is InChI=1S/C9H15NO2S2/c1-3-5-8(2)10-14(11,12)9-6-4-7-13-9/h4,6-8,10H,3,5H2,1-2H3/t8-/m1/s1. The first-order valence-electron chi connectivity index (χ1n) is 4.62. The average Bonchev–Trinajstić information content (AvgIpc) is 2.54. The zero-order chi connectivity index (χ0) is 10.6. The van der Waals surface area contributed by atoms with Gasteiger partial charge in [0.2, 0.25) is 10.0 Å². The molecule has 0 saturated carbocycles. The predicted octanol–water partition coefficient (Wildman–Crippen LogP) is 2.21. The van der Waals surface area contributed by atoms with Crippen molar-refractivity contribution in [3.63, 3.8) is 0 Å². The highest BCUT2D eigenvalue weighted by Gasteiger charge is 2.17. The smallest absolute Gasteiger partial charge is 0.208 e. The van der Waals surface area contributed by atoms with Crippen LogP contribution >= 0.6 is 11.3 Å². The molecule has 1 N–H and O–H groups in total. The van der Waals surface area contributed by atoms with Crippen LogP contribution in [0.2, 0.25) is 0 Å². The summed E-state index contributed by atoms with van der Waals surface area (Å²) in [7, 11) is -3.27. The van der Waals surface area contributed by atoms with Gasteiger partial charge in [-0.3, -0.25) is 0 Å². The van der Waals surface area contributed by atoms with Gasteiger partial charge in [-0.1, -0.05) is 19.4 Å². The minimum atomic E-state index is -3.27. The molecule has 0 aliphatic heterocycles. The van der Waals surface area contributed by atoms with Crippen LogP contribution < -0.4 is 4.72 Å². The van der Waals surface area contributed by atoms with Gasteiger partial charge in [0.15, 0.2) is 0 Å². The minimum absolute atomic E-state index is 0.00657. The SMILES string of the molecule is CCC[C@@H](C)NS(=O)(=O)c1cccs1. The van der Waals surface area contributed by atoms with Crippen molar-refractivity contribution in [1.29, 1.82) is 0 Å². The van der Waals surface area contributed by atoms with Crippen LogP contribution in [0.25, 0.3) is 0 Å². The summed E-state index contributed by atoms with van der Waals surface area (Å²) in [5, 5.41) is 1.76. The molecule has 0 spiro atoms. The molecule has 1 rings (SSSR count). The lowest BCUT2D eigenvalue weighted by molar-refractivity contribution is 0.545. The Morgan fingerprint density at radius 2 is 2.29 bits per heavy atom. The Morgan fingerprint density at radius 1 is 1.57 bits per heavy atom. The van der Waals surface area contributed by atoms with Crippen LogP contribution in [0.1, 0.15) is 26.7 Å². The highest BCUT2D eigenvalue weighted by atomic mass is 32.2. The van der Waals surface area contributed by atoms with Crippen molar-refractivity contribution >= 4 is 21.4 Å². The summed E-state index contributed by atoms with van der Waals surface area (Å²) in [6, 6.07) is 3.36. The Hall–Kier alpha value is -0.390. The zero-order valence-electron chi connectivity index (χ0n) is 8.36. The molecule has 0 saturated heterocycles. The van der Waals surface area contributed by atoms with Gasteiger partial charge in [0, 0.05) is 6.04 Å². The number of thiophene rings is 1. The number of nitrogens with one attached hydrogen (secondary N) is 1. The maximum atomic E-state index is 11.7.